The molecule has 3 aliphatic rings. The molecule has 1 aromatic carbocycles. The van der Waals surface area contributed by atoms with Crippen LogP contribution in [0.2, 0.25) is 0 Å². The van der Waals surface area contributed by atoms with Gasteiger partial charge in [0.15, 0.2) is 11.5 Å². The molecule has 4 rings (SSSR count). The molecule has 33 heavy (non-hydrogen) atoms. The van der Waals surface area contributed by atoms with Gasteiger partial charge in [-0.25, -0.2) is 0 Å². The molecule has 0 unspecified atom stereocenters. The Morgan fingerprint density at radius 2 is 2.03 bits per heavy atom. The maximum absolute atomic E-state index is 13.0. The summed E-state index contributed by atoms with van der Waals surface area (Å²) < 4.78 is 16.8. The predicted molar refractivity (Wildman–Crippen MR) is 127 cm³/mol. The minimum atomic E-state index is -0.167. The SMILES string of the molecule is COc1ccc(CN(CCCO)C[C@H]2C(=O)O[C@@H]3C[C@]4(C)CCC[C@H](C)C4=C[C@H]32)cc1OC. The molecule has 6 nitrogen and oxygen atoms in total. The molecule has 0 amide bonds. The van der Waals surface area contributed by atoms with Crippen LogP contribution >= 0.6 is 0 Å². The van der Waals surface area contributed by atoms with E-state index in [1.54, 1.807) is 19.8 Å². The molecule has 0 radical (unpaired) electrons. The van der Waals surface area contributed by atoms with Gasteiger partial charge in [-0.2, -0.15) is 0 Å². The number of carbonyl (C=O) groups is 1. The lowest BCUT2D eigenvalue weighted by molar-refractivity contribution is -0.145. The maximum atomic E-state index is 13.0. The summed E-state index contributed by atoms with van der Waals surface area (Å²) in [6.45, 7) is 6.84. The number of aliphatic hydroxyl groups is 1. The van der Waals surface area contributed by atoms with Crippen LogP contribution in [0.4, 0.5) is 0 Å². The number of aliphatic hydroxyl groups excluding tert-OH is 1. The number of methoxy groups -OCH3 is 2. The third-order valence-electron chi connectivity index (χ3n) is 8.02. The van der Waals surface area contributed by atoms with Crippen LogP contribution in [0.15, 0.2) is 29.8 Å². The third-order valence-corrected chi connectivity index (χ3v) is 8.02. The number of rotatable bonds is 9. The van der Waals surface area contributed by atoms with Crippen LogP contribution in [-0.4, -0.2) is 56.0 Å². The fraction of sp³-hybridized carbons (Fsp3) is 0.667. The van der Waals surface area contributed by atoms with Crippen molar-refractivity contribution >= 4 is 5.97 Å². The van der Waals surface area contributed by atoms with E-state index in [1.807, 2.05) is 18.2 Å². The zero-order valence-electron chi connectivity index (χ0n) is 20.5. The Morgan fingerprint density at radius 3 is 2.76 bits per heavy atom. The molecule has 5 atom stereocenters. The molecule has 0 aromatic heterocycles. The van der Waals surface area contributed by atoms with Crippen molar-refractivity contribution in [1.29, 1.82) is 0 Å². The molecule has 1 saturated heterocycles. The van der Waals surface area contributed by atoms with Crippen LogP contribution in [0.1, 0.15) is 51.5 Å². The highest BCUT2D eigenvalue weighted by atomic mass is 16.6. The Bertz CT molecular complexity index is 883. The van der Waals surface area contributed by atoms with Crippen LogP contribution in [0.5, 0.6) is 11.5 Å². The van der Waals surface area contributed by atoms with Gasteiger partial charge in [0, 0.05) is 32.2 Å². The van der Waals surface area contributed by atoms with Crippen LogP contribution in [0, 0.1) is 23.2 Å². The van der Waals surface area contributed by atoms with Gasteiger partial charge in [-0.15, -0.1) is 0 Å². The molecule has 2 fully saturated rings. The Kier molecular flexibility index (Phi) is 7.34. The van der Waals surface area contributed by atoms with E-state index in [4.69, 9.17) is 14.2 Å². The van der Waals surface area contributed by atoms with E-state index in [2.05, 4.69) is 24.8 Å². The number of ether oxygens (including phenoxy) is 3. The van der Waals surface area contributed by atoms with Crippen LogP contribution in [0.25, 0.3) is 0 Å². The second-order valence-corrected chi connectivity index (χ2v) is 10.3. The van der Waals surface area contributed by atoms with Gasteiger partial charge in [-0.05, 0) is 54.7 Å². The van der Waals surface area contributed by atoms with Crippen molar-refractivity contribution in [2.45, 2.75) is 58.6 Å². The number of benzene rings is 1. The monoisotopic (exact) mass is 457 g/mol. The number of hydrogen-bond acceptors (Lipinski definition) is 6. The summed E-state index contributed by atoms with van der Waals surface area (Å²) in [6.07, 6.45) is 7.69. The first-order valence-corrected chi connectivity index (χ1v) is 12.4. The van der Waals surface area contributed by atoms with Gasteiger partial charge in [0.25, 0.3) is 0 Å². The number of hydrogen-bond donors (Lipinski definition) is 1. The standard InChI is InChI=1S/C27H39NO5/c1-18-7-5-10-27(2)15-25-20(14-22(18)27)21(26(30)33-25)17-28(11-6-12-29)16-19-8-9-23(31-3)24(13-19)32-4/h8-9,13-14,18,20-21,25,29H,5-7,10-12,15-17H2,1-4H3/t18-,20-,21+,25+,27-/m0/s1. The molecule has 6 heteroatoms. The van der Waals surface area contributed by atoms with Gasteiger partial charge in [0.1, 0.15) is 6.10 Å². The third kappa shape index (κ3) is 4.92. The number of carbonyl (C=O) groups excluding carboxylic acids is 1. The van der Waals surface area contributed by atoms with Crippen LogP contribution in [-0.2, 0) is 16.1 Å². The van der Waals surface area contributed by atoms with Gasteiger partial charge >= 0.3 is 5.97 Å². The molecule has 1 aromatic rings. The van der Waals surface area contributed by atoms with Crippen LogP contribution in [0.3, 0.4) is 0 Å². The second kappa shape index (κ2) is 10.1. The normalized spacial score (nSPS) is 31.0. The Hall–Kier alpha value is -2.05. The molecule has 0 bridgehead atoms. The summed E-state index contributed by atoms with van der Waals surface area (Å²) in [7, 11) is 3.26. The minimum absolute atomic E-state index is 0.0117. The number of allylic oxidation sites excluding steroid dienone is 1. The molecule has 1 saturated carbocycles. The van der Waals surface area contributed by atoms with Gasteiger partial charge in [0.2, 0.25) is 0 Å². The molecule has 1 heterocycles. The summed E-state index contributed by atoms with van der Waals surface area (Å²) in [5.74, 6) is 1.88. The highest BCUT2D eigenvalue weighted by Crippen LogP contribution is 2.54. The van der Waals surface area contributed by atoms with Gasteiger partial charge < -0.3 is 19.3 Å². The van der Waals surface area contributed by atoms with E-state index in [1.165, 1.54) is 19.3 Å². The van der Waals surface area contributed by atoms with E-state index in [0.29, 0.717) is 36.9 Å². The molecular formula is C27H39NO5. The van der Waals surface area contributed by atoms with Crippen molar-refractivity contribution in [2.75, 3.05) is 33.9 Å². The summed E-state index contributed by atoms with van der Waals surface area (Å²) in [4.78, 5) is 15.3. The average molecular weight is 458 g/mol. The topological polar surface area (TPSA) is 68.2 Å². The first kappa shape index (κ1) is 24.1. The Morgan fingerprint density at radius 1 is 1.24 bits per heavy atom. The lowest BCUT2D eigenvalue weighted by Crippen LogP contribution is -2.41. The molecule has 1 N–H and O–H groups in total. The van der Waals surface area contributed by atoms with E-state index in [0.717, 1.165) is 18.5 Å². The largest absolute Gasteiger partial charge is 0.493 e. The highest BCUT2D eigenvalue weighted by molar-refractivity contribution is 5.76. The van der Waals surface area contributed by atoms with Gasteiger partial charge in [-0.3, -0.25) is 9.69 Å². The molecule has 0 spiro atoms. The van der Waals surface area contributed by atoms with Crippen molar-refractivity contribution < 1.29 is 24.1 Å². The van der Waals surface area contributed by atoms with Gasteiger partial charge in [-0.1, -0.05) is 38.0 Å². The molecule has 2 aliphatic carbocycles. The van der Waals surface area contributed by atoms with E-state index in [9.17, 15) is 9.90 Å². The number of nitrogens with zero attached hydrogens (tertiary/aromatic N) is 1. The summed E-state index contributed by atoms with van der Waals surface area (Å²) in [5.41, 5.74) is 2.80. The zero-order valence-corrected chi connectivity index (χ0v) is 20.5. The summed E-state index contributed by atoms with van der Waals surface area (Å²) in [6, 6.07) is 5.92. The predicted octanol–water partition coefficient (Wildman–Crippen LogP) is 4.20. The zero-order chi connectivity index (χ0) is 23.6. The van der Waals surface area contributed by atoms with Gasteiger partial charge in [0.05, 0.1) is 20.1 Å². The summed E-state index contributed by atoms with van der Waals surface area (Å²) in [5, 5.41) is 9.45. The molecular weight excluding hydrogens is 418 g/mol. The molecule has 182 valence electrons. The average Bonchev–Trinajstić information content (AvgIpc) is 3.09. The van der Waals surface area contributed by atoms with E-state index < -0.39 is 0 Å². The molecule has 1 aliphatic heterocycles. The van der Waals surface area contributed by atoms with Crippen molar-refractivity contribution in [3.8, 4) is 11.5 Å². The fourth-order valence-electron chi connectivity index (χ4n) is 6.30. The highest BCUT2D eigenvalue weighted by Gasteiger charge is 2.51. The lowest BCUT2D eigenvalue weighted by Gasteiger charge is -2.46. The Labute approximate surface area is 197 Å². The number of esters is 1. The first-order chi connectivity index (χ1) is 15.9. The smallest absolute Gasteiger partial charge is 0.311 e. The second-order valence-electron chi connectivity index (χ2n) is 10.3. The first-order valence-electron chi connectivity index (χ1n) is 12.4. The van der Waals surface area contributed by atoms with Crippen molar-refractivity contribution in [3.63, 3.8) is 0 Å². The Balaban J connectivity index is 1.54. The van der Waals surface area contributed by atoms with Crippen LogP contribution < -0.4 is 9.47 Å². The maximum Gasteiger partial charge on any atom is 0.311 e. The van der Waals surface area contributed by atoms with Crippen molar-refractivity contribution in [1.82, 2.24) is 4.90 Å². The van der Waals surface area contributed by atoms with Crippen molar-refractivity contribution in [3.05, 3.63) is 35.4 Å². The quantitative estimate of drug-likeness (QED) is 0.443. The number of fused-ring (bicyclic) bond motifs is 2. The van der Waals surface area contributed by atoms with E-state index in [-0.39, 0.29) is 35.9 Å². The fourth-order valence-corrected chi connectivity index (χ4v) is 6.30. The summed E-state index contributed by atoms with van der Waals surface area (Å²) >= 11 is 0. The minimum Gasteiger partial charge on any atom is -0.493 e. The lowest BCUT2D eigenvalue weighted by atomic mass is 9.59. The van der Waals surface area contributed by atoms with Crippen molar-refractivity contribution in [2.24, 2.45) is 23.2 Å². The van der Waals surface area contributed by atoms with E-state index >= 15 is 0 Å².